The minimum Gasteiger partial charge on any atom is -0.371 e. The van der Waals surface area contributed by atoms with Gasteiger partial charge < -0.3 is 4.74 Å². The fourth-order valence-electron chi connectivity index (χ4n) is 1.94. The average molecular weight is 297 g/mol. The van der Waals surface area contributed by atoms with E-state index in [1.165, 1.54) is 6.07 Å². The van der Waals surface area contributed by atoms with E-state index in [0.717, 1.165) is 18.4 Å². The number of hydrogen-bond acceptors (Lipinski definition) is 4. The van der Waals surface area contributed by atoms with E-state index in [-0.39, 0.29) is 11.5 Å². The molecule has 0 spiro atoms. The number of carbonyl (C=O) groups excluding carboxylic acids is 1. The molecule has 0 bridgehead atoms. The van der Waals surface area contributed by atoms with Crippen LogP contribution in [0.3, 0.4) is 0 Å². The number of amides is 1. The highest BCUT2D eigenvalue weighted by Crippen LogP contribution is 2.28. The van der Waals surface area contributed by atoms with Gasteiger partial charge in [-0.2, -0.15) is 0 Å². The molecule has 1 aromatic rings. The number of ether oxygens (including phenoxy) is 1. The maximum absolute atomic E-state index is 12.1. The second-order valence-corrected chi connectivity index (χ2v) is 6.91. The Morgan fingerprint density at radius 2 is 2.05 bits per heavy atom. The molecule has 5 nitrogen and oxygen atoms in total. The minimum atomic E-state index is -3.82. The highest BCUT2D eigenvalue weighted by Gasteiger charge is 2.23. The summed E-state index contributed by atoms with van der Waals surface area (Å²) in [6, 6.07) is 4.98. The first-order valence-corrected chi connectivity index (χ1v) is 8.07. The smallest absolute Gasteiger partial charge is 0.264 e. The van der Waals surface area contributed by atoms with Crippen molar-refractivity contribution >= 4 is 15.9 Å². The van der Waals surface area contributed by atoms with E-state index < -0.39 is 15.9 Å². The lowest BCUT2D eigenvalue weighted by atomic mass is 10.2. The minimum absolute atomic E-state index is 0.124. The van der Waals surface area contributed by atoms with Crippen molar-refractivity contribution in [2.24, 2.45) is 5.92 Å². The maximum atomic E-state index is 12.1. The van der Waals surface area contributed by atoms with Gasteiger partial charge >= 0.3 is 0 Å². The Balaban J connectivity index is 1.96. The summed E-state index contributed by atoms with van der Waals surface area (Å²) < 4.78 is 31.4. The van der Waals surface area contributed by atoms with Crippen LogP contribution in [0.4, 0.5) is 0 Å². The summed E-state index contributed by atoms with van der Waals surface area (Å²) in [5, 5.41) is 0. The molecule has 1 saturated carbocycles. The summed E-state index contributed by atoms with van der Waals surface area (Å²) in [6.07, 6.45) is 2.25. The van der Waals surface area contributed by atoms with Crippen LogP contribution in [0.2, 0.25) is 0 Å². The van der Waals surface area contributed by atoms with Crippen LogP contribution in [0, 0.1) is 19.8 Å². The molecule has 0 aromatic heterocycles. The van der Waals surface area contributed by atoms with E-state index in [9.17, 15) is 13.2 Å². The highest BCUT2D eigenvalue weighted by molar-refractivity contribution is 7.90. The number of hydrogen-bond donors (Lipinski definition) is 1. The second kappa shape index (κ2) is 5.93. The van der Waals surface area contributed by atoms with Gasteiger partial charge in [-0.1, -0.05) is 17.7 Å². The van der Waals surface area contributed by atoms with E-state index >= 15 is 0 Å². The summed E-state index contributed by atoms with van der Waals surface area (Å²) in [6.45, 7) is 3.89. The zero-order chi connectivity index (χ0) is 14.8. The number of nitrogens with one attached hydrogen (secondary N) is 1. The molecule has 1 aliphatic rings. The topological polar surface area (TPSA) is 72.5 Å². The van der Waals surface area contributed by atoms with Crippen LogP contribution in [0.1, 0.15) is 24.0 Å². The third-order valence-electron chi connectivity index (χ3n) is 3.15. The molecule has 110 valence electrons. The number of aryl methyl sites for hydroxylation is 2. The SMILES string of the molecule is Cc1ccc(S(=O)(=O)NC(=O)COCC2CC2)c(C)c1. The van der Waals surface area contributed by atoms with Gasteiger partial charge in [-0.05, 0) is 44.2 Å². The molecule has 0 heterocycles. The predicted octanol–water partition coefficient (Wildman–Crippen LogP) is 1.53. The van der Waals surface area contributed by atoms with Crippen LogP contribution in [0.15, 0.2) is 23.1 Å². The van der Waals surface area contributed by atoms with Crippen LogP contribution >= 0.6 is 0 Å². The molecule has 2 rings (SSSR count). The normalized spacial score (nSPS) is 15.1. The lowest BCUT2D eigenvalue weighted by molar-refractivity contribution is -0.124. The van der Waals surface area contributed by atoms with Gasteiger partial charge in [0.2, 0.25) is 0 Å². The predicted molar refractivity (Wildman–Crippen MR) is 74.8 cm³/mol. The lowest BCUT2D eigenvalue weighted by Crippen LogP contribution is -2.34. The molecular weight excluding hydrogens is 278 g/mol. The van der Waals surface area contributed by atoms with Crippen LogP contribution in [-0.2, 0) is 19.6 Å². The second-order valence-electron chi connectivity index (χ2n) is 5.26. The van der Waals surface area contributed by atoms with E-state index in [2.05, 4.69) is 0 Å². The van der Waals surface area contributed by atoms with Gasteiger partial charge in [0.1, 0.15) is 6.61 Å². The van der Waals surface area contributed by atoms with Crippen molar-refractivity contribution in [2.45, 2.75) is 31.6 Å². The summed E-state index contributed by atoms with van der Waals surface area (Å²) in [5.74, 6) is -0.0932. The maximum Gasteiger partial charge on any atom is 0.264 e. The van der Waals surface area contributed by atoms with Crippen molar-refractivity contribution < 1.29 is 17.9 Å². The van der Waals surface area contributed by atoms with Gasteiger partial charge in [-0.3, -0.25) is 4.79 Å². The largest absolute Gasteiger partial charge is 0.371 e. The average Bonchev–Trinajstić information content (AvgIpc) is 3.11. The van der Waals surface area contributed by atoms with Crippen LogP contribution < -0.4 is 4.72 Å². The number of carbonyl (C=O) groups is 1. The van der Waals surface area contributed by atoms with Crippen molar-refractivity contribution in [1.82, 2.24) is 4.72 Å². The number of rotatable bonds is 6. The summed E-state index contributed by atoms with van der Waals surface area (Å²) in [5.41, 5.74) is 1.59. The van der Waals surface area contributed by atoms with Crippen LogP contribution in [0.5, 0.6) is 0 Å². The van der Waals surface area contributed by atoms with E-state index in [0.29, 0.717) is 18.1 Å². The highest BCUT2D eigenvalue weighted by atomic mass is 32.2. The lowest BCUT2D eigenvalue weighted by Gasteiger charge is -2.10. The van der Waals surface area contributed by atoms with E-state index in [1.807, 2.05) is 11.6 Å². The Kier molecular flexibility index (Phi) is 4.45. The molecular formula is C14H19NO4S. The zero-order valence-corrected chi connectivity index (χ0v) is 12.5. The quantitative estimate of drug-likeness (QED) is 0.864. The fourth-order valence-corrected chi connectivity index (χ4v) is 3.14. The fraction of sp³-hybridized carbons (Fsp3) is 0.500. The first kappa shape index (κ1) is 15.0. The Hall–Kier alpha value is -1.40. The third kappa shape index (κ3) is 4.05. The molecule has 1 N–H and O–H groups in total. The molecule has 1 fully saturated rings. The first-order chi connectivity index (χ1) is 9.38. The Bertz CT molecular complexity index is 606. The Labute approximate surface area is 119 Å². The standard InChI is InChI=1S/C14H19NO4S/c1-10-3-6-13(11(2)7-10)20(17,18)15-14(16)9-19-8-12-4-5-12/h3,6-7,12H,4-5,8-9H2,1-2H3,(H,15,16). The van der Waals surface area contributed by atoms with Gasteiger partial charge in [-0.25, -0.2) is 13.1 Å². The molecule has 20 heavy (non-hydrogen) atoms. The molecule has 0 saturated heterocycles. The van der Waals surface area contributed by atoms with Crippen molar-refractivity contribution in [3.63, 3.8) is 0 Å². The molecule has 6 heteroatoms. The summed E-state index contributed by atoms with van der Waals surface area (Å²) in [4.78, 5) is 11.7. The number of sulfonamides is 1. The van der Waals surface area contributed by atoms with Crippen LogP contribution in [-0.4, -0.2) is 27.5 Å². The summed E-state index contributed by atoms with van der Waals surface area (Å²) in [7, 11) is -3.82. The Morgan fingerprint density at radius 3 is 2.65 bits per heavy atom. The van der Waals surface area contributed by atoms with Crippen molar-refractivity contribution in [3.8, 4) is 0 Å². The molecule has 0 radical (unpaired) electrons. The molecule has 1 aromatic carbocycles. The van der Waals surface area contributed by atoms with Crippen molar-refractivity contribution in [2.75, 3.05) is 13.2 Å². The molecule has 0 atom stereocenters. The van der Waals surface area contributed by atoms with Gasteiger partial charge in [0, 0.05) is 0 Å². The van der Waals surface area contributed by atoms with Gasteiger partial charge in [0.05, 0.1) is 11.5 Å². The third-order valence-corrected chi connectivity index (χ3v) is 4.69. The Morgan fingerprint density at radius 1 is 1.35 bits per heavy atom. The van der Waals surface area contributed by atoms with Crippen LogP contribution in [0.25, 0.3) is 0 Å². The summed E-state index contributed by atoms with van der Waals surface area (Å²) >= 11 is 0. The zero-order valence-electron chi connectivity index (χ0n) is 11.7. The van der Waals surface area contributed by atoms with Gasteiger partial charge in [0.15, 0.2) is 0 Å². The van der Waals surface area contributed by atoms with E-state index in [1.54, 1.807) is 19.1 Å². The number of benzene rings is 1. The van der Waals surface area contributed by atoms with Crippen molar-refractivity contribution in [3.05, 3.63) is 29.3 Å². The molecule has 1 amide bonds. The molecule has 1 aliphatic carbocycles. The van der Waals surface area contributed by atoms with Gasteiger partial charge in [-0.15, -0.1) is 0 Å². The first-order valence-electron chi connectivity index (χ1n) is 6.59. The monoisotopic (exact) mass is 297 g/mol. The molecule has 0 unspecified atom stereocenters. The van der Waals surface area contributed by atoms with E-state index in [4.69, 9.17) is 4.74 Å². The molecule has 0 aliphatic heterocycles. The van der Waals surface area contributed by atoms with Gasteiger partial charge in [0.25, 0.3) is 15.9 Å². The van der Waals surface area contributed by atoms with Crippen molar-refractivity contribution in [1.29, 1.82) is 0 Å².